The summed E-state index contributed by atoms with van der Waals surface area (Å²) in [5.41, 5.74) is 9.75. The Morgan fingerprint density at radius 3 is 3.19 bits per heavy atom. The first kappa shape index (κ1) is 13.9. The molecule has 0 spiro atoms. The first-order valence-electron chi connectivity index (χ1n) is 6.91. The van der Waals surface area contributed by atoms with Gasteiger partial charge in [-0.15, -0.1) is 11.8 Å². The molecule has 0 radical (unpaired) electrons. The number of halogens is 1. The Bertz CT molecular complexity index is 705. The lowest BCUT2D eigenvalue weighted by Gasteiger charge is -2.35. The minimum absolute atomic E-state index is 0.0250. The monoisotopic (exact) mass is 369 g/mol. The number of nitrogens with zero attached hydrogens (tertiary/aromatic N) is 1. The highest BCUT2D eigenvalue weighted by molar-refractivity contribution is 9.10. The molecule has 0 aliphatic carbocycles. The summed E-state index contributed by atoms with van der Waals surface area (Å²) in [4.78, 5) is 9.31. The average molecular weight is 370 g/mol. The van der Waals surface area contributed by atoms with Crippen LogP contribution in [0.25, 0.3) is 10.9 Å². The number of rotatable bonds is 0. The number of H-pyrrole nitrogens is 1. The van der Waals surface area contributed by atoms with Gasteiger partial charge in [-0.1, -0.05) is 0 Å². The smallest absolute Gasteiger partial charge is 0.130 e. The van der Waals surface area contributed by atoms with E-state index in [0.29, 0.717) is 5.94 Å². The molecule has 2 aliphatic heterocycles. The Morgan fingerprint density at radius 2 is 2.33 bits per heavy atom. The Kier molecular flexibility index (Phi) is 3.42. The van der Waals surface area contributed by atoms with Gasteiger partial charge < -0.3 is 15.8 Å². The molecule has 0 amide bonds. The van der Waals surface area contributed by atoms with E-state index in [1.165, 1.54) is 5.56 Å². The molecule has 0 unspecified atom stereocenters. The highest BCUT2D eigenvalue weighted by atomic mass is 79.9. The van der Waals surface area contributed by atoms with Gasteiger partial charge in [0.15, 0.2) is 0 Å². The van der Waals surface area contributed by atoms with Crippen molar-refractivity contribution in [3.8, 4) is 5.75 Å². The lowest BCUT2D eigenvalue weighted by Crippen LogP contribution is -2.44. The summed E-state index contributed by atoms with van der Waals surface area (Å²) in [6.07, 6.45) is 0.880. The zero-order valence-electron chi connectivity index (χ0n) is 11.3. The van der Waals surface area contributed by atoms with Crippen molar-refractivity contribution in [3.05, 3.63) is 27.9 Å². The van der Waals surface area contributed by atoms with Crippen molar-refractivity contribution in [2.45, 2.75) is 18.5 Å². The Morgan fingerprint density at radius 1 is 1.48 bits per heavy atom. The SMILES string of the molecule is N[C@@H]1CSCON2CCc3c([nH]c4ccc(O)c(Br)c34)[C@H]12. The molecule has 2 atom stereocenters. The lowest BCUT2D eigenvalue weighted by molar-refractivity contribution is -0.175. The molecule has 1 fully saturated rings. The van der Waals surface area contributed by atoms with Gasteiger partial charge in [-0.05, 0) is 40.0 Å². The van der Waals surface area contributed by atoms with Gasteiger partial charge >= 0.3 is 0 Å². The molecule has 4 N–H and O–H groups in total. The zero-order chi connectivity index (χ0) is 14.6. The highest BCUT2D eigenvalue weighted by Crippen LogP contribution is 2.42. The van der Waals surface area contributed by atoms with Gasteiger partial charge in [0.25, 0.3) is 0 Å². The molecule has 1 saturated heterocycles. The normalized spacial score (nSPS) is 26.4. The molecule has 5 nitrogen and oxygen atoms in total. The molecular weight excluding hydrogens is 354 g/mol. The molecule has 1 aromatic carbocycles. The maximum absolute atomic E-state index is 9.94. The fraction of sp³-hybridized carbons (Fsp3) is 0.429. The van der Waals surface area contributed by atoms with Crippen LogP contribution in [0.4, 0.5) is 0 Å². The van der Waals surface area contributed by atoms with E-state index in [9.17, 15) is 5.11 Å². The summed E-state index contributed by atoms with van der Waals surface area (Å²) >= 11 is 5.23. The predicted octanol–water partition coefficient (Wildman–Crippen LogP) is 2.50. The molecule has 0 bridgehead atoms. The summed E-state index contributed by atoms with van der Waals surface area (Å²) in [6, 6.07) is 3.68. The van der Waals surface area contributed by atoms with Crippen molar-refractivity contribution in [2.75, 3.05) is 18.2 Å². The number of aromatic amines is 1. The summed E-state index contributed by atoms with van der Waals surface area (Å²) in [6.45, 7) is 0.820. The topological polar surface area (TPSA) is 74.5 Å². The number of aromatic nitrogens is 1. The predicted molar refractivity (Wildman–Crippen MR) is 87.2 cm³/mol. The molecule has 21 heavy (non-hydrogen) atoms. The van der Waals surface area contributed by atoms with Crippen molar-refractivity contribution in [1.29, 1.82) is 0 Å². The van der Waals surface area contributed by atoms with E-state index < -0.39 is 0 Å². The van der Waals surface area contributed by atoms with Crippen LogP contribution in [0.3, 0.4) is 0 Å². The average Bonchev–Trinajstić information content (AvgIpc) is 2.75. The van der Waals surface area contributed by atoms with Gasteiger partial charge in [0.05, 0.1) is 10.5 Å². The van der Waals surface area contributed by atoms with Crippen molar-refractivity contribution in [3.63, 3.8) is 0 Å². The van der Waals surface area contributed by atoms with Gasteiger partial charge in [-0.3, -0.25) is 4.84 Å². The van der Waals surface area contributed by atoms with Crippen molar-refractivity contribution >= 4 is 38.6 Å². The summed E-state index contributed by atoms with van der Waals surface area (Å²) in [7, 11) is 0. The van der Waals surface area contributed by atoms with Gasteiger partial charge in [-0.2, -0.15) is 5.06 Å². The van der Waals surface area contributed by atoms with E-state index in [2.05, 4.69) is 20.9 Å². The third kappa shape index (κ3) is 2.10. The maximum Gasteiger partial charge on any atom is 0.130 e. The van der Waals surface area contributed by atoms with Crippen LogP contribution in [0.2, 0.25) is 0 Å². The van der Waals surface area contributed by atoms with Gasteiger partial charge in [0.2, 0.25) is 0 Å². The largest absolute Gasteiger partial charge is 0.507 e. The number of benzene rings is 1. The van der Waals surface area contributed by atoms with E-state index in [-0.39, 0.29) is 17.8 Å². The van der Waals surface area contributed by atoms with Crippen LogP contribution >= 0.6 is 27.7 Å². The molecule has 2 aliphatic rings. The first-order valence-corrected chi connectivity index (χ1v) is 8.86. The second-order valence-corrected chi connectivity index (χ2v) is 7.23. The maximum atomic E-state index is 9.94. The Balaban J connectivity index is 1.92. The minimum Gasteiger partial charge on any atom is -0.507 e. The second kappa shape index (κ2) is 5.17. The minimum atomic E-state index is 0.0250. The van der Waals surface area contributed by atoms with Crippen molar-refractivity contribution in [1.82, 2.24) is 10.0 Å². The molecule has 112 valence electrons. The van der Waals surface area contributed by atoms with Crippen LogP contribution in [0.1, 0.15) is 17.3 Å². The summed E-state index contributed by atoms with van der Waals surface area (Å²) in [5, 5.41) is 13.0. The molecule has 0 saturated carbocycles. The number of nitrogens with one attached hydrogen (secondary N) is 1. The number of thioether (sulfide) groups is 1. The van der Waals surface area contributed by atoms with Crippen LogP contribution in [0.5, 0.6) is 5.75 Å². The quantitative estimate of drug-likeness (QED) is 0.665. The van der Waals surface area contributed by atoms with E-state index >= 15 is 0 Å². The number of hydrogen-bond acceptors (Lipinski definition) is 5. The Labute approximate surface area is 134 Å². The van der Waals surface area contributed by atoms with E-state index in [4.69, 9.17) is 10.6 Å². The van der Waals surface area contributed by atoms with Crippen LogP contribution in [-0.2, 0) is 11.3 Å². The van der Waals surface area contributed by atoms with Crippen LogP contribution in [0, 0.1) is 0 Å². The number of nitrogens with two attached hydrogens (primary N) is 1. The zero-order valence-corrected chi connectivity index (χ0v) is 13.7. The lowest BCUT2D eigenvalue weighted by atomic mass is 9.95. The van der Waals surface area contributed by atoms with Crippen LogP contribution in [-0.4, -0.2) is 39.4 Å². The molecular formula is C14H16BrN3O2S. The number of hydrogen-bond donors (Lipinski definition) is 3. The third-order valence-corrected chi connectivity index (χ3v) is 5.92. The number of aromatic hydroxyl groups is 1. The second-order valence-electron chi connectivity index (χ2n) is 5.46. The highest BCUT2D eigenvalue weighted by Gasteiger charge is 2.37. The number of phenolic OH excluding ortho intramolecular Hbond substituents is 1. The van der Waals surface area contributed by atoms with Gasteiger partial charge in [0, 0.05) is 34.9 Å². The molecule has 7 heteroatoms. The standard InChI is InChI=1S/C14H16BrN3O2S/c15-12-10(19)2-1-9-11(12)7-3-4-18-14(13(7)17-9)8(16)5-21-6-20-18/h1-2,8,14,17,19H,3-6,16H2/t8-,14+/m1/s1. The van der Waals surface area contributed by atoms with E-state index in [1.807, 2.05) is 11.1 Å². The van der Waals surface area contributed by atoms with Crippen molar-refractivity contribution < 1.29 is 9.94 Å². The molecule has 3 heterocycles. The number of hydroxylamine groups is 2. The van der Waals surface area contributed by atoms with Crippen molar-refractivity contribution in [2.24, 2.45) is 5.73 Å². The third-order valence-electron chi connectivity index (χ3n) is 4.22. The van der Waals surface area contributed by atoms with E-state index in [1.54, 1.807) is 17.8 Å². The first-order chi connectivity index (χ1) is 10.2. The molecule has 2 aromatic rings. The fourth-order valence-electron chi connectivity index (χ4n) is 3.29. The molecule has 1 aromatic heterocycles. The molecule has 4 rings (SSSR count). The number of fused-ring (bicyclic) bond motifs is 5. The number of phenols is 1. The fourth-order valence-corrected chi connectivity index (χ4v) is 4.64. The van der Waals surface area contributed by atoms with Crippen LogP contribution < -0.4 is 5.73 Å². The van der Waals surface area contributed by atoms with Crippen LogP contribution in [0.15, 0.2) is 16.6 Å². The van der Waals surface area contributed by atoms with Gasteiger partial charge in [-0.25, -0.2) is 0 Å². The van der Waals surface area contributed by atoms with E-state index in [0.717, 1.165) is 39.8 Å². The summed E-state index contributed by atoms with van der Waals surface area (Å²) < 4.78 is 0.753. The Hall–Kier alpha value is -0.730. The van der Waals surface area contributed by atoms with Gasteiger partial charge in [0.1, 0.15) is 11.7 Å². The summed E-state index contributed by atoms with van der Waals surface area (Å²) in [5.74, 6) is 1.80.